The lowest BCUT2D eigenvalue weighted by molar-refractivity contribution is 0.261. The van der Waals surface area contributed by atoms with Gasteiger partial charge >= 0.3 is 12.1 Å². The summed E-state index contributed by atoms with van der Waals surface area (Å²) < 4.78 is 16.6. The van der Waals surface area contributed by atoms with E-state index in [0.29, 0.717) is 56.4 Å². The molecular weight excluding hydrogens is 552 g/mol. The number of aromatic nitrogens is 4. The Labute approximate surface area is 244 Å². The van der Waals surface area contributed by atoms with Crippen molar-refractivity contribution in [1.29, 1.82) is 0 Å². The van der Waals surface area contributed by atoms with E-state index in [1.807, 2.05) is 12.1 Å². The molecule has 216 valence electrons. The van der Waals surface area contributed by atoms with Crippen LogP contribution in [-0.2, 0) is 0 Å². The number of nitrogens with zero attached hydrogens (tertiary/aromatic N) is 2. The van der Waals surface area contributed by atoms with Gasteiger partial charge < -0.3 is 34.8 Å². The lowest BCUT2D eigenvalue weighted by atomic mass is 10.3. The Kier molecular flexibility index (Phi) is 7.34. The Bertz CT molecular complexity index is 1810. The van der Waals surface area contributed by atoms with Crippen molar-refractivity contribution in [2.75, 3.05) is 35.5 Å². The quantitative estimate of drug-likeness (QED) is 0.119. The number of hydrogen-bond acceptors (Lipinski definition) is 7. The van der Waals surface area contributed by atoms with Crippen molar-refractivity contribution >= 4 is 57.4 Å². The summed E-state index contributed by atoms with van der Waals surface area (Å²) >= 11 is 0. The number of fused-ring (bicyclic) bond motifs is 2. The first-order valence-corrected chi connectivity index (χ1v) is 13.1. The normalized spacial score (nSPS) is 10.7. The molecule has 0 unspecified atom stereocenters. The first-order chi connectivity index (χ1) is 21.0. The van der Waals surface area contributed by atoms with Gasteiger partial charge in [-0.1, -0.05) is 24.3 Å². The molecule has 6 N–H and O–H groups in total. The van der Waals surface area contributed by atoms with Crippen molar-refractivity contribution in [1.82, 2.24) is 19.9 Å². The number of aromatic amines is 2. The summed E-state index contributed by atoms with van der Waals surface area (Å²) in [4.78, 5) is 40.0. The largest absolute Gasteiger partial charge is 0.495 e. The Morgan fingerprint density at radius 3 is 1.49 bits per heavy atom. The zero-order valence-corrected chi connectivity index (χ0v) is 23.0. The monoisotopic (exact) mass is 578 g/mol. The molecule has 0 aliphatic carbocycles. The van der Waals surface area contributed by atoms with E-state index >= 15 is 0 Å². The summed E-state index contributed by atoms with van der Waals surface area (Å²) in [5, 5.41) is 10.9. The zero-order chi connectivity index (χ0) is 29.8. The van der Waals surface area contributed by atoms with Gasteiger partial charge in [0.15, 0.2) is 0 Å². The number of amides is 4. The Morgan fingerprint density at radius 2 is 1.05 bits per heavy atom. The van der Waals surface area contributed by atoms with E-state index in [1.54, 1.807) is 72.8 Å². The second-order valence-electron chi connectivity index (χ2n) is 9.19. The summed E-state index contributed by atoms with van der Waals surface area (Å²) in [5.41, 5.74) is 3.68. The molecule has 0 aliphatic heterocycles. The molecular formula is C30H26N8O5. The van der Waals surface area contributed by atoms with Crippen LogP contribution in [0.15, 0.2) is 84.9 Å². The van der Waals surface area contributed by atoms with Crippen molar-refractivity contribution in [3.8, 4) is 23.0 Å². The highest BCUT2D eigenvalue weighted by Crippen LogP contribution is 2.29. The highest BCUT2D eigenvalue weighted by Gasteiger charge is 2.13. The number of ether oxygens (including phenoxy) is 3. The number of urea groups is 2. The molecule has 4 aromatic carbocycles. The second kappa shape index (κ2) is 11.7. The minimum atomic E-state index is -0.474. The summed E-state index contributed by atoms with van der Waals surface area (Å²) in [7, 11) is 3.07. The second-order valence-corrected chi connectivity index (χ2v) is 9.19. The molecule has 0 saturated carbocycles. The van der Waals surface area contributed by atoms with Gasteiger partial charge in [0.05, 0.1) is 47.7 Å². The molecule has 0 bridgehead atoms. The van der Waals surface area contributed by atoms with E-state index in [0.717, 1.165) is 0 Å². The number of hydrogen-bond donors (Lipinski definition) is 6. The lowest BCUT2D eigenvalue weighted by Crippen LogP contribution is -2.20. The summed E-state index contributed by atoms with van der Waals surface area (Å²) in [6, 6.07) is 23.9. The van der Waals surface area contributed by atoms with E-state index in [4.69, 9.17) is 14.2 Å². The molecule has 13 heteroatoms. The number of anilines is 4. The van der Waals surface area contributed by atoms with E-state index in [9.17, 15) is 9.59 Å². The smallest absolute Gasteiger partial charge is 0.326 e. The van der Waals surface area contributed by atoms with Crippen LogP contribution in [0, 0.1) is 0 Å². The lowest BCUT2D eigenvalue weighted by Gasteiger charge is -2.09. The summed E-state index contributed by atoms with van der Waals surface area (Å²) in [5.74, 6) is 2.69. The van der Waals surface area contributed by atoms with Crippen molar-refractivity contribution in [3.05, 3.63) is 84.9 Å². The maximum absolute atomic E-state index is 12.5. The van der Waals surface area contributed by atoms with Gasteiger partial charge in [-0.25, -0.2) is 19.6 Å². The molecule has 6 rings (SSSR count). The van der Waals surface area contributed by atoms with Crippen LogP contribution in [0.4, 0.5) is 32.9 Å². The molecule has 0 radical (unpaired) electrons. The van der Waals surface area contributed by atoms with Crippen LogP contribution in [0.3, 0.4) is 0 Å². The summed E-state index contributed by atoms with van der Waals surface area (Å²) in [6.07, 6.45) is 0. The Hall–Kier alpha value is -6.24. The number of imidazole rings is 2. The maximum atomic E-state index is 12.5. The Morgan fingerprint density at radius 1 is 0.605 bits per heavy atom. The van der Waals surface area contributed by atoms with Gasteiger partial charge in [0.2, 0.25) is 11.9 Å². The van der Waals surface area contributed by atoms with E-state index in [2.05, 4.69) is 41.2 Å². The number of para-hydroxylation sites is 4. The molecule has 0 fully saturated rings. The van der Waals surface area contributed by atoms with E-state index in [1.165, 1.54) is 14.2 Å². The van der Waals surface area contributed by atoms with Gasteiger partial charge in [0.1, 0.15) is 23.0 Å². The van der Waals surface area contributed by atoms with Crippen LogP contribution in [0.25, 0.3) is 22.1 Å². The van der Waals surface area contributed by atoms with Gasteiger partial charge in [0, 0.05) is 12.1 Å². The molecule has 43 heavy (non-hydrogen) atoms. The number of benzene rings is 4. The molecule has 0 atom stereocenters. The fourth-order valence-electron chi connectivity index (χ4n) is 4.37. The SMILES string of the molecule is COc1ccccc1NC(=O)Nc1nc2cc(Oc3ccc4[nH]c(NC(=O)Nc5ccccc5OC)nc4c3)ccc2[nH]1. The fraction of sp³-hybridized carbons (Fsp3) is 0.0667. The predicted octanol–water partition coefficient (Wildman–Crippen LogP) is 6.54. The van der Waals surface area contributed by atoms with Crippen LogP contribution in [0.1, 0.15) is 0 Å². The maximum Gasteiger partial charge on any atom is 0.326 e. The number of methoxy groups -OCH3 is 2. The van der Waals surface area contributed by atoms with E-state index < -0.39 is 12.1 Å². The van der Waals surface area contributed by atoms with Crippen LogP contribution in [0.5, 0.6) is 23.0 Å². The zero-order valence-electron chi connectivity index (χ0n) is 23.0. The highest BCUT2D eigenvalue weighted by atomic mass is 16.5. The summed E-state index contributed by atoms with van der Waals surface area (Å²) in [6.45, 7) is 0. The third kappa shape index (κ3) is 6.10. The minimum absolute atomic E-state index is 0.271. The Balaban J connectivity index is 1.11. The number of rotatable bonds is 8. The van der Waals surface area contributed by atoms with Gasteiger partial charge in [0.25, 0.3) is 0 Å². The number of carbonyl (C=O) groups excluding carboxylic acids is 2. The first-order valence-electron chi connectivity index (χ1n) is 13.1. The topological polar surface area (TPSA) is 167 Å². The number of carbonyl (C=O) groups is 2. The van der Waals surface area contributed by atoms with Crippen LogP contribution < -0.4 is 35.5 Å². The average molecular weight is 579 g/mol. The molecule has 0 aliphatic rings. The van der Waals surface area contributed by atoms with Gasteiger partial charge in [-0.3, -0.25) is 10.6 Å². The van der Waals surface area contributed by atoms with Crippen LogP contribution in [0.2, 0.25) is 0 Å². The highest BCUT2D eigenvalue weighted by molar-refractivity contribution is 6.01. The number of H-pyrrole nitrogens is 2. The molecule has 4 amide bonds. The minimum Gasteiger partial charge on any atom is -0.495 e. The van der Waals surface area contributed by atoms with Crippen molar-refractivity contribution in [3.63, 3.8) is 0 Å². The van der Waals surface area contributed by atoms with E-state index in [-0.39, 0.29) is 11.9 Å². The molecule has 2 heterocycles. The first kappa shape index (κ1) is 27.0. The molecule has 0 spiro atoms. The molecule has 2 aromatic heterocycles. The van der Waals surface area contributed by atoms with Crippen molar-refractivity contribution < 1.29 is 23.8 Å². The van der Waals surface area contributed by atoms with Crippen LogP contribution in [-0.4, -0.2) is 46.2 Å². The molecule has 13 nitrogen and oxygen atoms in total. The average Bonchev–Trinajstić information content (AvgIpc) is 3.59. The predicted molar refractivity (Wildman–Crippen MR) is 164 cm³/mol. The van der Waals surface area contributed by atoms with Crippen molar-refractivity contribution in [2.24, 2.45) is 0 Å². The third-order valence-electron chi connectivity index (χ3n) is 6.32. The third-order valence-corrected chi connectivity index (χ3v) is 6.32. The van der Waals surface area contributed by atoms with Gasteiger partial charge in [-0.05, 0) is 48.5 Å². The standard InChI is InChI=1S/C30H26N8O5/c1-41-25-9-5-3-7-21(25)35-29(39)37-27-31-19-13-11-17(15-23(19)33-27)43-18-12-14-20-24(16-18)34-28(32-20)38-30(40)36-22-8-4-6-10-26(22)42-2/h3-16H,1-2H3,(H3,31,33,35,37,39)(H3,32,34,36,38,40). The molecule has 6 aromatic rings. The van der Waals surface area contributed by atoms with Gasteiger partial charge in [-0.15, -0.1) is 0 Å². The number of nitrogens with one attached hydrogen (secondary N) is 6. The van der Waals surface area contributed by atoms with Gasteiger partial charge in [-0.2, -0.15) is 0 Å². The fourth-order valence-corrected chi connectivity index (χ4v) is 4.37. The van der Waals surface area contributed by atoms with Crippen LogP contribution >= 0.6 is 0 Å². The molecule has 0 saturated heterocycles. The van der Waals surface area contributed by atoms with Crippen molar-refractivity contribution in [2.45, 2.75) is 0 Å².